The van der Waals surface area contributed by atoms with Crippen LogP contribution < -0.4 is 0 Å². The van der Waals surface area contributed by atoms with E-state index in [0.717, 1.165) is 0 Å². The van der Waals surface area contributed by atoms with E-state index >= 15 is 0 Å². The Bertz CT molecular complexity index is 23.6. The van der Waals surface area contributed by atoms with Gasteiger partial charge in [0.2, 0.25) is 0 Å². The minimum Gasteiger partial charge on any atom is -0.496 e. The monoisotopic (exact) mass is 200 g/mol. The van der Waals surface area contributed by atoms with Gasteiger partial charge < -0.3 is 3.79 Å². The summed E-state index contributed by atoms with van der Waals surface area (Å²) < 4.78 is 4.88. The van der Waals surface area contributed by atoms with Gasteiger partial charge in [-0.1, -0.05) is 5.79 Å². The van der Waals surface area contributed by atoms with Gasteiger partial charge in [-0.15, -0.1) is 0 Å². The Hall–Kier alpha value is 1.22. The Kier molecular flexibility index (Phi) is 4.25. The van der Waals surface area contributed by atoms with E-state index in [1.807, 2.05) is 0 Å². The molecule has 0 rings (SSSR count). The van der Waals surface area contributed by atoms with E-state index in [0.29, 0.717) is 0 Å². The van der Waals surface area contributed by atoms with Crippen LogP contribution in [0.2, 0.25) is 5.79 Å². The standard InChI is InChI=1S/CH3O.CH3.Al.HI/c1-2;;;/h1H3;1H3;;1H/q-1;;+2;/p-1. The highest BCUT2D eigenvalue weighted by Gasteiger charge is 2.00. The van der Waals surface area contributed by atoms with Crippen molar-refractivity contribution in [1.82, 2.24) is 0 Å². The Morgan fingerprint density at radius 1 is 1.80 bits per heavy atom. The zero-order valence-electron chi connectivity index (χ0n) is 3.36. The summed E-state index contributed by atoms with van der Waals surface area (Å²) in [6.07, 6.45) is 0. The van der Waals surface area contributed by atoms with Crippen molar-refractivity contribution in [3.8, 4) is 0 Å². The molecule has 0 saturated carbocycles. The van der Waals surface area contributed by atoms with Crippen LogP contribution in [0.25, 0.3) is 0 Å². The molecule has 0 amide bonds. The Morgan fingerprint density at radius 2 is 2.00 bits per heavy atom. The SMILES string of the molecule is C[O][Al]([CH3])[I]. The summed E-state index contributed by atoms with van der Waals surface area (Å²) in [7, 11) is 1.75. The highest BCUT2D eigenvalue weighted by Crippen LogP contribution is 1.89. The zero-order valence-corrected chi connectivity index (χ0v) is 6.68. The molecule has 0 aromatic rings. The van der Waals surface area contributed by atoms with E-state index in [1.165, 1.54) is 0 Å². The van der Waals surface area contributed by atoms with Crippen LogP contribution in [0.1, 0.15) is 0 Å². The average Bonchev–Trinajstić information content (AvgIpc) is 1.38. The van der Waals surface area contributed by atoms with Crippen molar-refractivity contribution in [2.24, 2.45) is 0 Å². The van der Waals surface area contributed by atoms with E-state index in [4.69, 9.17) is 3.79 Å². The smallest absolute Gasteiger partial charge is 0.496 e. The van der Waals surface area contributed by atoms with E-state index in [2.05, 4.69) is 26.1 Å². The van der Waals surface area contributed by atoms with Crippen molar-refractivity contribution in [1.29, 1.82) is 0 Å². The normalized spacial score (nSPS) is 7.80. The molecular weight excluding hydrogens is 194 g/mol. The summed E-state index contributed by atoms with van der Waals surface area (Å²) >= 11 is 1.64. The van der Waals surface area contributed by atoms with Gasteiger partial charge in [0.15, 0.2) is 0 Å². The fourth-order valence-electron chi connectivity index (χ4n) is 0. The van der Waals surface area contributed by atoms with Crippen molar-refractivity contribution >= 4 is 31.5 Å². The van der Waals surface area contributed by atoms with Gasteiger partial charge in [-0.25, -0.2) is 0 Å². The number of halogens is 1. The Balaban J connectivity index is 2.54. The average molecular weight is 200 g/mol. The lowest BCUT2D eigenvalue weighted by Gasteiger charge is -1.85. The van der Waals surface area contributed by atoms with Gasteiger partial charge in [0.25, 0.3) is 0 Å². The second-order valence-corrected chi connectivity index (χ2v) is 7.60. The first kappa shape index (κ1) is 6.22. The third kappa shape index (κ3) is 5.22. The molecule has 0 fully saturated rings. The summed E-state index contributed by atoms with van der Waals surface area (Å²) in [5.74, 6) is 2.13. The molecule has 0 aromatic carbocycles. The number of rotatable bonds is 1. The second kappa shape index (κ2) is 3.41. The van der Waals surface area contributed by atoms with E-state index in [9.17, 15) is 0 Å². The minimum absolute atomic E-state index is 0.680. The Labute approximate surface area is 48.1 Å². The van der Waals surface area contributed by atoms with Crippen molar-refractivity contribution in [2.75, 3.05) is 7.11 Å². The summed E-state index contributed by atoms with van der Waals surface area (Å²) in [6, 6.07) is 0. The van der Waals surface area contributed by atoms with E-state index in [-0.39, 0.29) is 0 Å². The maximum absolute atomic E-state index is 4.88. The molecule has 1 nitrogen and oxygen atoms in total. The van der Waals surface area contributed by atoms with Gasteiger partial charge in [0.05, 0.1) is 0 Å². The largest absolute Gasteiger partial charge is 0.547 e. The lowest BCUT2D eigenvalue weighted by atomic mass is 11.8. The molecule has 0 aliphatic heterocycles. The quantitative estimate of drug-likeness (QED) is 0.456. The van der Waals surface area contributed by atoms with Gasteiger partial charge in [-0.2, -0.15) is 20.3 Å². The first-order valence-electron chi connectivity index (χ1n) is 1.44. The molecule has 0 spiro atoms. The molecule has 0 bridgehead atoms. The summed E-state index contributed by atoms with van der Waals surface area (Å²) in [5, 5.41) is 0. The van der Waals surface area contributed by atoms with Crippen LogP contribution in [0.5, 0.6) is 0 Å². The Morgan fingerprint density at radius 3 is 2.00 bits per heavy atom. The molecule has 30 valence electrons. The first-order valence-corrected chi connectivity index (χ1v) is 7.24. The highest BCUT2D eigenvalue weighted by molar-refractivity contribution is 14.1. The lowest BCUT2D eigenvalue weighted by Crippen LogP contribution is -1.95. The lowest BCUT2D eigenvalue weighted by molar-refractivity contribution is 0.444. The van der Waals surface area contributed by atoms with E-state index < -0.39 is 11.2 Å². The minimum atomic E-state index is -0.680. The van der Waals surface area contributed by atoms with Crippen LogP contribution in [-0.2, 0) is 3.79 Å². The molecule has 0 aliphatic carbocycles. The molecule has 0 aliphatic rings. The van der Waals surface area contributed by atoms with Crippen LogP contribution >= 0.6 is 20.3 Å². The fraction of sp³-hybridized carbons (Fsp3) is 1.00. The van der Waals surface area contributed by atoms with Crippen molar-refractivity contribution in [3.63, 3.8) is 0 Å². The number of hydrogen-bond acceptors (Lipinski definition) is 1. The van der Waals surface area contributed by atoms with Crippen molar-refractivity contribution in [2.45, 2.75) is 5.79 Å². The maximum atomic E-state index is 4.88. The van der Waals surface area contributed by atoms with Crippen molar-refractivity contribution < 1.29 is 3.79 Å². The van der Waals surface area contributed by atoms with Crippen LogP contribution in [0.4, 0.5) is 0 Å². The molecule has 0 saturated heterocycles. The molecule has 0 heterocycles. The molecule has 0 atom stereocenters. The molecule has 0 aromatic heterocycles. The molecule has 5 heavy (non-hydrogen) atoms. The van der Waals surface area contributed by atoms with Crippen LogP contribution in [0.3, 0.4) is 0 Å². The molecule has 0 radical (unpaired) electrons. The predicted octanol–water partition coefficient (Wildman–Crippen LogP) is 1.19. The van der Waals surface area contributed by atoms with Crippen LogP contribution in [-0.4, -0.2) is 18.3 Å². The molecule has 3 heteroatoms. The predicted molar refractivity (Wildman–Crippen MR) is 32.6 cm³/mol. The van der Waals surface area contributed by atoms with Crippen molar-refractivity contribution in [3.05, 3.63) is 0 Å². The topological polar surface area (TPSA) is 9.23 Å². The summed E-state index contributed by atoms with van der Waals surface area (Å²) in [4.78, 5) is 0. The summed E-state index contributed by atoms with van der Waals surface area (Å²) in [5.41, 5.74) is 0. The molecular formula is C2H6AlIO. The highest BCUT2D eigenvalue weighted by atomic mass is 127. The zero-order chi connectivity index (χ0) is 4.28. The molecule has 0 unspecified atom stereocenters. The van der Waals surface area contributed by atoms with Crippen LogP contribution in [0.15, 0.2) is 0 Å². The number of hydrogen-bond donors (Lipinski definition) is 0. The van der Waals surface area contributed by atoms with Gasteiger partial charge in [0.1, 0.15) is 0 Å². The van der Waals surface area contributed by atoms with Gasteiger partial charge >= 0.3 is 11.2 Å². The third-order valence-electron chi connectivity index (χ3n) is 0.325. The first-order chi connectivity index (χ1) is 2.27. The summed E-state index contributed by atoms with van der Waals surface area (Å²) in [6.45, 7) is 0. The van der Waals surface area contributed by atoms with Gasteiger partial charge in [0, 0.05) is 7.11 Å². The second-order valence-electron chi connectivity index (χ2n) is 0.779. The fourth-order valence-corrected chi connectivity index (χ4v) is 0. The molecule has 0 N–H and O–H groups in total. The maximum Gasteiger partial charge on any atom is 0.547 e. The van der Waals surface area contributed by atoms with Gasteiger partial charge in [-0.05, 0) is 0 Å². The van der Waals surface area contributed by atoms with Gasteiger partial charge in [-0.3, -0.25) is 0 Å². The third-order valence-corrected chi connectivity index (χ3v) is 2.50. The van der Waals surface area contributed by atoms with Crippen LogP contribution in [0, 0.1) is 0 Å². The van der Waals surface area contributed by atoms with E-state index in [1.54, 1.807) is 7.11 Å².